The first-order chi connectivity index (χ1) is 6.51. The summed E-state index contributed by atoms with van der Waals surface area (Å²) in [4.78, 5) is 0. The van der Waals surface area contributed by atoms with Gasteiger partial charge in [-0.3, -0.25) is 0 Å². The minimum Gasteiger partial charge on any atom is -0.393 e. The Morgan fingerprint density at radius 3 is 2.71 bits per heavy atom. The molecular formula is C10H11ClFNO. The van der Waals surface area contributed by atoms with Crippen LogP contribution in [-0.4, -0.2) is 11.2 Å². The summed E-state index contributed by atoms with van der Waals surface area (Å²) in [6, 6.07) is 4.13. The molecule has 1 aliphatic carbocycles. The van der Waals surface area contributed by atoms with Crippen LogP contribution >= 0.6 is 11.6 Å². The van der Waals surface area contributed by atoms with E-state index in [1.165, 1.54) is 18.2 Å². The molecule has 1 fully saturated rings. The maximum Gasteiger partial charge on any atom is 0.123 e. The van der Waals surface area contributed by atoms with Crippen molar-refractivity contribution in [2.24, 2.45) is 5.73 Å². The summed E-state index contributed by atoms with van der Waals surface area (Å²) in [7, 11) is 0. The van der Waals surface area contributed by atoms with E-state index in [1.807, 2.05) is 0 Å². The Morgan fingerprint density at radius 2 is 2.14 bits per heavy atom. The number of benzene rings is 1. The highest BCUT2D eigenvalue weighted by molar-refractivity contribution is 6.31. The van der Waals surface area contributed by atoms with Crippen LogP contribution in [0.2, 0.25) is 5.02 Å². The van der Waals surface area contributed by atoms with Gasteiger partial charge in [0.05, 0.1) is 6.10 Å². The van der Waals surface area contributed by atoms with E-state index >= 15 is 0 Å². The Bertz CT molecular complexity index is 363. The van der Waals surface area contributed by atoms with Crippen molar-refractivity contribution in [1.29, 1.82) is 0 Å². The molecule has 2 nitrogen and oxygen atoms in total. The van der Waals surface area contributed by atoms with Crippen LogP contribution in [0.4, 0.5) is 4.39 Å². The predicted molar refractivity (Wildman–Crippen MR) is 52.5 cm³/mol. The molecule has 1 aliphatic rings. The van der Waals surface area contributed by atoms with E-state index in [0.29, 0.717) is 23.4 Å². The molecule has 0 aromatic heterocycles. The molecule has 0 amide bonds. The maximum atomic E-state index is 13.0. The molecule has 0 atom stereocenters. The summed E-state index contributed by atoms with van der Waals surface area (Å²) >= 11 is 5.91. The molecule has 0 heterocycles. The molecule has 0 saturated heterocycles. The minimum absolute atomic E-state index is 0.351. The first-order valence-electron chi connectivity index (χ1n) is 4.44. The van der Waals surface area contributed by atoms with Gasteiger partial charge in [0, 0.05) is 10.6 Å². The normalized spacial score (nSPS) is 31.3. The fourth-order valence-corrected chi connectivity index (χ4v) is 2.19. The van der Waals surface area contributed by atoms with Gasteiger partial charge < -0.3 is 10.8 Å². The van der Waals surface area contributed by atoms with Crippen molar-refractivity contribution in [3.05, 3.63) is 34.6 Å². The summed E-state index contributed by atoms with van der Waals surface area (Å²) in [5.74, 6) is -0.351. The summed E-state index contributed by atoms with van der Waals surface area (Å²) in [5, 5.41) is 9.65. The largest absolute Gasteiger partial charge is 0.393 e. The van der Waals surface area contributed by atoms with Crippen molar-refractivity contribution in [2.45, 2.75) is 24.5 Å². The Balaban J connectivity index is 2.36. The third-order valence-electron chi connectivity index (χ3n) is 2.66. The average molecular weight is 216 g/mol. The van der Waals surface area contributed by atoms with Crippen LogP contribution in [0.5, 0.6) is 0 Å². The second-order valence-corrected chi connectivity index (χ2v) is 4.25. The van der Waals surface area contributed by atoms with E-state index in [2.05, 4.69) is 0 Å². The quantitative estimate of drug-likeness (QED) is 0.750. The lowest BCUT2D eigenvalue weighted by Crippen LogP contribution is -2.51. The van der Waals surface area contributed by atoms with Crippen LogP contribution in [0.3, 0.4) is 0 Å². The molecule has 4 heteroatoms. The number of rotatable bonds is 1. The van der Waals surface area contributed by atoms with E-state index in [4.69, 9.17) is 17.3 Å². The summed E-state index contributed by atoms with van der Waals surface area (Å²) in [6.45, 7) is 0. The van der Waals surface area contributed by atoms with Crippen LogP contribution in [0, 0.1) is 5.82 Å². The molecule has 0 spiro atoms. The molecule has 0 radical (unpaired) electrons. The maximum absolute atomic E-state index is 13.0. The third kappa shape index (κ3) is 1.52. The van der Waals surface area contributed by atoms with Crippen LogP contribution in [0.15, 0.2) is 18.2 Å². The van der Waals surface area contributed by atoms with Gasteiger partial charge in [-0.05, 0) is 36.6 Å². The number of halogens is 2. The average Bonchev–Trinajstić information content (AvgIpc) is 2.07. The lowest BCUT2D eigenvalue weighted by molar-refractivity contribution is 0.0208. The van der Waals surface area contributed by atoms with Crippen molar-refractivity contribution in [1.82, 2.24) is 0 Å². The van der Waals surface area contributed by atoms with Crippen LogP contribution in [-0.2, 0) is 5.54 Å². The van der Waals surface area contributed by atoms with Gasteiger partial charge in [-0.2, -0.15) is 0 Å². The molecular weight excluding hydrogens is 205 g/mol. The highest BCUT2D eigenvalue weighted by Crippen LogP contribution is 2.42. The van der Waals surface area contributed by atoms with Crippen molar-refractivity contribution in [3.63, 3.8) is 0 Å². The van der Waals surface area contributed by atoms with Gasteiger partial charge in [0.25, 0.3) is 0 Å². The van der Waals surface area contributed by atoms with Crippen LogP contribution in [0.1, 0.15) is 18.4 Å². The van der Waals surface area contributed by atoms with Crippen molar-refractivity contribution >= 4 is 11.6 Å². The van der Waals surface area contributed by atoms with E-state index in [0.717, 1.165) is 0 Å². The molecule has 76 valence electrons. The third-order valence-corrected chi connectivity index (χ3v) is 2.99. The van der Waals surface area contributed by atoms with Crippen LogP contribution < -0.4 is 5.73 Å². The first-order valence-corrected chi connectivity index (χ1v) is 4.81. The SMILES string of the molecule is NC1(c2cc(F)ccc2Cl)CC(O)C1. The van der Waals surface area contributed by atoms with Gasteiger partial charge in [-0.15, -0.1) is 0 Å². The standard InChI is InChI=1S/C10H11ClFNO/c11-9-2-1-6(12)3-8(9)10(13)4-7(14)5-10/h1-3,7,14H,4-5,13H2. The van der Waals surface area contributed by atoms with Crippen molar-refractivity contribution in [3.8, 4) is 0 Å². The van der Waals surface area contributed by atoms with Gasteiger partial charge in [0.1, 0.15) is 5.82 Å². The lowest BCUT2D eigenvalue weighted by atomic mass is 9.70. The Kier molecular flexibility index (Phi) is 2.26. The van der Waals surface area contributed by atoms with Gasteiger partial charge in [0.2, 0.25) is 0 Å². The van der Waals surface area contributed by atoms with E-state index < -0.39 is 5.54 Å². The number of hydrogen-bond donors (Lipinski definition) is 2. The summed E-state index contributed by atoms with van der Waals surface area (Å²) < 4.78 is 13.0. The van der Waals surface area contributed by atoms with Gasteiger partial charge in [0.15, 0.2) is 0 Å². The fraction of sp³-hybridized carbons (Fsp3) is 0.400. The zero-order valence-corrected chi connectivity index (χ0v) is 8.26. The Morgan fingerprint density at radius 1 is 1.50 bits per heavy atom. The summed E-state index contributed by atoms with van der Waals surface area (Å²) in [6.07, 6.45) is 0.492. The molecule has 3 N–H and O–H groups in total. The second-order valence-electron chi connectivity index (χ2n) is 3.84. The molecule has 14 heavy (non-hydrogen) atoms. The number of nitrogens with two attached hydrogens (primary N) is 1. The van der Waals surface area contributed by atoms with Crippen molar-refractivity contribution in [2.75, 3.05) is 0 Å². The molecule has 1 aromatic carbocycles. The second kappa shape index (κ2) is 3.19. The van der Waals surface area contributed by atoms with Gasteiger partial charge in [-0.25, -0.2) is 4.39 Å². The van der Waals surface area contributed by atoms with Crippen LogP contribution in [0.25, 0.3) is 0 Å². The Labute approximate surface area is 86.5 Å². The Hall–Kier alpha value is -0.640. The van der Waals surface area contributed by atoms with E-state index in [1.54, 1.807) is 0 Å². The van der Waals surface area contributed by atoms with E-state index in [9.17, 15) is 9.50 Å². The topological polar surface area (TPSA) is 46.2 Å². The van der Waals surface area contributed by atoms with E-state index in [-0.39, 0.29) is 11.9 Å². The fourth-order valence-electron chi connectivity index (χ4n) is 1.88. The first kappa shape index (κ1) is 9.90. The molecule has 0 aliphatic heterocycles. The zero-order valence-electron chi connectivity index (χ0n) is 7.50. The minimum atomic E-state index is -0.654. The van der Waals surface area contributed by atoms with Gasteiger partial charge >= 0.3 is 0 Å². The zero-order chi connectivity index (χ0) is 10.3. The number of aliphatic hydroxyl groups is 1. The highest BCUT2D eigenvalue weighted by atomic mass is 35.5. The number of aliphatic hydroxyl groups excluding tert-OH is 1. The summed E-state index contributed by atoms with van der Waals surface area (Å²) in [5.41, 5.74) is 5.91. The molecule has 1 saturated carbocycles. The lowest BCUT2D eigenvalue weighted by Gasteiger charge is -2.43. The monoisotopic (exact) mass is 215 g/mol. The smallest absolute Gasteiger partial charge is 0.123 e. The molecule has 1 aromatic rings. The highest BCUT2D eigenvalue weighted by Gasteiger charge is 2.42. The molecule has 2 rings (SSSR count). The molecule has 0 bridgehead atoms. The molecule has 0 unspecified atom stereocenters. The van der Waals surface area contributed by atoms with Gasteiger partial charge in [-0.1, -0.05) is 11.6 Å². The number of hydrogen-bond acceptors (Lipinski definition) is 2. The predicted octanol–water partition coefficient (Wildman–Crippen LogP) is 1.79. The van der Waals surface area contributed by atoms with Crippen molar-refractivity contribution < 1.29 is 9.50 Å².